The predicted octanol–water partition coefficient (Wildman–Crippen LogP) is 4.02. The Kier molecular flexibility index (Phi) is 4.79. The van der Waals surface area contributed by atoms with Gasteiger partial charge in [0, 0.05) is 16.4 Å². The fourth-order valence-corrected chi connectivity index (χ4v) is 3.39. The summed E-state index contributed by atoms with van der Waals surface area (Å²) in [5.74, 6) is 1.37. The lowest BCUT2D eigenvalue weighted by molar-refractivity contribution is 0.102. The van der Waals surface area contributed by atoms with Gasteiger partial charge >= 0.3 is 0 Å². The molecular weight excluding hydrogens is 332 g/mol. The summed E-state index contributed by atoms with van der Waals surface area (Å²) in [6, 6.07) is 5.71. The lowest BCUT2D eigenvalue weighted by atomic mass is 10.3. The number of pyridine rings is 1. The lowest BCUT2D eigenvalue weighted by Crippen LogP contribution is -2.12. The number of amides is 1. The highest BCUT2D eigenvalue weighted by Crippen LogP contribution is 2.23. The number of hydrogen-bond donors (Lipinski definition) is 1. The lowest BCUT2D eigenvalue weighted by Gasteiger charge is -2.05. The highest BCUT2D eigenvalue weighted by molar-refractivity contribution is 9.10. The van der Waals surface area contributed by atoms with Gasteiger partial charge in [-0.25, -0.2) is 4.98 Å². The summed E-state index contributed by atoms with van der Waals surface area (Å²) in [7, 11) is 0. The van der Waals surface area contributed by atoms with Crippen LogP contribution in [0.1, 0.15) is 15.2 Å². The van der Waals surface area contributed by atoms with E-state index in [-0.39, 0.29) is 5.91 Å². The molecule has 0 aliphatic rings. The second-order valence-electron chi connectivity index (χ2n) is 3.53. The van der Waals surface area contributed by atoms with Crippen LogP contribution in [0.15, 0.2) is 34.2 Å². The molecule has 0 aromatic carbocycles. The molecule has 0 unspecified atom stereocenters. The van der Waals surface area contributed by atoms with E-state index in [9.17, 15) is 4.79 Å². The molecule has 0 spiro atoms. The summed E-state index contributed by atoms with van der Waals surface area (Å²) in [6.45, 7) is 0. The average molecular weight is 343 g/mol. The number of anilines is 1. The standard InChI is InChI=1S/C12H11BrN2OS2/c1-17-7-8-2-4-14-10(6-8)15-12(16)11-9(13)3-5-18-11/h2-6H,7H2,1H3,(H,14,15,16). The molecule has 0 radical (unpaired) electrons. The molecule has 2 rings (SSSR count). The minimum absolute atomic E-state index is 0.134. The fourth-order valence-electron chi connectivity index (χ4n) is 1.43. The van der Waals surface area contributed by atoms with Crippen molar-refractivity contribution in [3.8, 4) is 0 Å². The first-order valence-corrected chi connectivity index (χ1v) is 8.25. The van der Waals surface area contributed by atoms with Crippen molar-refractivity contribution in [2.24, 2.45) is 0 Å². The molecular formula is C12H11BrN2OS2. The third kappa shape index (κ3) is 3.34. The molecule has 6 heteroatoms. The van der Waals surface area contributed by atoms with E-state index in [1.165, 1.54) is 11.3 Å². The quantitative estimate of drug-likeness (QED) is 0.912. The van der Waals surface area contributed by atoms with Crippen LogP contribution in [0.5, 0.6) is 0 Å². The minimum atomic E-state index is -0.134. The Bertz CT molecular complexity index is 557. The molecule has 2 aromatic heterocycles. The normalized spacial score (nSPS) is 10.3. The molecule has 1 N–H and O–H groups in total. The first kappa shape index (κ1) is 13.6. The number of nitrogens with zero attached hydrogens (tertiary/aromatic N) is 1. The number of rotatable bonds is 4. The van der Waals surface area contributed by atoms with E-state index in [4.69, 9.17) is 0 Å². The Hall–Kier alpha value is -0.850. The number of halogens is 1. The van der Waals surface area contributed by atoms with Gasteiger partial charge in [0.05, 0.1) is 0 Å². The highest BCUT2D eigenvalue weighted by Gasteiger charge is 2.12. The van der Waals surface area contributed by atoms with E-state index in [0.29, 0.717) is 10.7 Å². The van der Waals surface area contributed by atoms with Crippen molar-refractivity contribution in [1.29, 1.82) is 0 Å². The highest BCUT2D eigenvalue weighted by atomic mass is 79.9. The molecule has 0 saturated carbocycles. The molecule has 0 bridgehead atoms. The van der Waals surface area contributed by atoms with Gasteiger partial charge in [0.15, 0.2) is 0 Å². The Morgan fingerprint density at radius 2 is 2.39 bits per heavy atom. The summed E-state index contributed by atoms with van der Waals surface area (Å²) < 4.78 is 0.810. The number of thiophene rings is 1. The van der Waals surface area contributed by atoms with Gasteiger partial charge in [-0.2, -0.15) is 11.8 Å². The van der Waals surface area contributed by atoms with Crippen molar-refractivity contribution in [1.82, 2.24) is 4.98 Å². The van der Waals surface area contributed by atoms with Crippen molar-refractivity contribution < 1.29 is 4.79 Å². The first-order valence-electron chi connectivity index (χ1n) is 5.19. The maximum Gasteiger partial charge on any atom is 0.268 e. The molecule has 1 amide bonds. The molecule has 2 aromatic rings. The van der Waals surface area contributed by atoms with Gasteiger partial charge in [0.1, 0.15) is 10.7 Å². The van der Waals surface area contributed by atoms with Crippen molar-refractivity contribution in [3.05, 3.63) is 44.7 Å². The number of aromatic nitrogens is 1. The van der Waals surface area contributed by atoms with Crippen LogP contribution in [0.25, 0.3) is 0 Å². The summed E-state index contributed by atoms with van der Waals surface area (Å²) >= 11 is 6.48. The smallest absolute Gasteiger partial charge is 0.268 e. The van der Waals surface area contributed by atoms with Gasteiger partial charge < -0.3 is 5.32 Å². The largest absolute Gasteiger partial charge is 0.306 e. The molecule has 18 heavy (non-hydrogen) atoms. The number of carbonyl (C=O) groups excluding carboxylic acids is 1. The number of nitrogens with one attached hydrogen (secondary N) is 1. The molecule has 94 valence electrons. The van der Waals surface area contributed by atoms with Gasteiger partial charge in [-0.1, -0.05) is 0 Å². The van der Waals surface area contributed by atoms with Crippen molar-refractivity contribution in [3.63, 3.8) is 0 Å². The molecule has 2 heterocycles. The second kappa shape index (κ2) is 6.36. The van der Waals surface area contributed by atoms with Gasteiger partial charge in [0.2, 0.25) is 0 Å². The SMILES string of the molecule is CSCc1ccnc(NC(=O)c2sccc2Br)c1. The van der Waals surface area contributed by atoms with Crippen LogP contribution in [0.2, 0.25) is 0 Å². The van der Waals surface area contributed by atoms with E-state index in [1.54, 1.807) is 18.0 Å². The summed E-state index contributed by atoms with van der Waals surface area (Å²) in [6.07, 6.45) is 3.76. The molecule has 0 aliphatic heterocycles. The Morgan fingerprint density at radius 1 is 1.56 bits per heavy atom. The fraction of sp³-hybridized carbons (Fsp3) is 0.167. The maximum atomic E-state index is 12.0. The van der Waals surface area contributed by atoms with Crippen LogP contribution in [0.3, 0.4) is 0 Å². The van der Waals surface area contributed by atoms with Crippen molar-refractivity contribution in [2.75, 3.05) is 11.6 Å². The summed E-state index contributed by atoms with van der Waals surface area (Å²) in [4.78, 5) is 16.8. The van der Waals surface area contributed by atoms with Crippen LogP contribution >= 0.6 is 39.0 Å². The average Bonchev–Trinajstić information content (AvgIpc) is 2.76. The van der Waals surface area contributed by atoms with E-state index in [2.05, 4.69) is 26.2 Å². The van der Waals surface area contributed by atoms with Crippen LogP contribution in [-0.4, -0.2) is 17.1 Å². The molecule has 0 fully saturated rings. The maximum absolute atomic E-state index is 12.0. The van der Waals surface area contributed by atoms with Gasteiger partial charge in [0.25, 0.3) is 5.91 Å². The molecule has 0 saturated heterocycles. The van der Waals surface area contributed by atoms with E-state index in [0.717, 1.165) is 15.8 Å². The Labute approximate surface area is 122 Å². The number of thioether (sulfide) groups is 1. The van der Waals surface area contributed by atoms with Crippen LogP contribution in [0, 0.1) is 0 Å². The summed E-state index contributed by atoms with van der Waals surface area (Å²) in [5, 5.41) is 4.68. The van der Waals surface area contributed by atoms with Gasteiger partial charge in [-0.05, 0) is 51.3 Å². The third-order valence-corrected chi connectivity index (χ3v) is 4.66. The Morgan fingerprint density at radius 3 is 3.06 bits per heavy atom. The Balaban J connectivity index is 2.12. The summed E-state index contributed by atoms with van der Waals surface area (Å²) in [5.41, 5.74) is 1.15. The second-order valence-corrected chi connectivity index (χ2v) is 6.17. The van der Waals surface area contributed by atoms with E-state index < -0.39 is 0 Å². The van der Waals surface area contributed by atoms with Gasteiger partial charge in [-0.15, -0.1) is 11.3 Å². The zero-order valence-corrected chi connectivity index (χ0v) is 12.9. The zero-order valence-electron chi connectivity index (χ0n) is 9.64. The van der Waals surface area contributed by atoms with Crippen LogP contribution < -0.4 is 5.32 Å². The van der Waals surface area contributed by atoms with Gasteiger partial charge in [-0.3, -0.25) is 4.79 Å². The third-order valence-electron chi connectivity index (χ3n) is 2.20. The van der Waals surface area contributed by atoms with Crippen molar-refractivity contribution >= 4 is 50.8 Å². The van der Waals surface area contributed by atoms with Crippen molar-refractivity contribution in [2.45, 2.75) is 5.75 Å². The topological polar surface area (TPSA) is 42.0 Å². The molecule has 0 atom stereocenters. The number of carbonyl (C=O) groups is 1. The zero-order chi connectivity index (χ0) is 13.0. The minimum Gasteiger partial charge on any atom is -0.306 e. The van der Waals surface area contributed by atoms with Crippen LogP contribution in [-0.2, 0) is 5.75 Å². The van der Waals surface area contributed by atoms with E-state index >= 15 is 0 Å². The molecule has 0 aliphatic carbocycles. The monoisotopic (exact) mass is 342 g/mol. The van der Waals surface area contributed by atoms with Crippen LogP contribution in [0.4, 0.5) is 5.82 Å². The van der Waals surface area contributed by atoms with E-state index in [1.807, 2.05) is 29.8 Å². The number of hydrogen-bond acceptors (Lipinski definition) is 4. The molecule has 3 nitrogen and oxygen atoms in total. The first-order chi connectivity index (χ1) is 8.70. The predicted molar refractivity (Wildman–Crippen MR) is 81.4 cm³/mol.